The summed E-state index contributed by atoms with van der Waals surface area (Å²) in [7, 11) is -1.84. The zero-order valence-electron chi connectivity index (χ0n) is 11.5. The number of hydrogen-bond acceptors (Lipinski definition) is 3. The molecule has 0 heterocycles. The minimum absolute atomic E-state index is 0.245. The Morgan fingerprint density at radius 2 is 1.82 bits per heavy atom. The summed E-state index contributed by atoms with van der Waals surface area (Å²) >= 11 is 0. The van der Waals surface area contributed by atoms with Crippen LogP contribution in [0.15, 0.2) is 9.98 Å². The second-order valence-electron chi connectivity index (χ2n) is 4.79. The quantitative estimate of drug-likeness (QED) is 0.570. The molecule has 0 fully saturated rings. The van der Waals surface area contributed by atoms with E-state index in [0.717, 1.165) is 10.6 Å². The van der Waals surface area contributed by atoms with Crippen molar-refractivity contribution in [2.24, 2.45) is 21.8 Å². The zero-order valence-corrected chi connectivity index (χ0v) is 12.3. The van der Waals surface area contributed by atoms with Gasteiger partial charge in [-0.2, -0.15) is 0 Å². The van der Waals surface area contributed by atoms with E-state index in [1.165, 1.54) is 7.05 Å². The molecular formula is C11H23N3O2S. The Hall–Kier alpha value is -0.910. The van der Waals surface area contributed by atoms with Crippen LogP contribution in [0.4, 0.5) is 0 Å². The Bertz CT molecular complexity index is 384. The maximum absolute atomic E-state index is 11.4. The van der Waals surface area contributed by atoms with Gasteiger partial charge in [-0.15, -0.1) is 0 Å². The number of nitrogens with zero attached hydrogens (tertiary/aromatic N) is 3. The van der Waals surface area contributed by atoms with Gasteiger partial charge in [0.1, 0.15) is 0 Å². The summed E-state index contributed by atoms with van der Waals surface area (Å²) in [5.41, 5.74) is 0. The molecule has 0 saturated heterocycles. The van der Waals surface area contributed by atoms with Crippen LogP contribution in [0.25, 0.3) is 0 Å². The summed E-state index contributed by atoms with van der Waals surface area (Å²) in [6.45, 7) is 8.56. The third kappa shape index (κ3) is 7.10. The van der Waals surface area contributed by atoms with Crippen LogP contribution in [-0.4, -0.2) is 44.7 Å². The van der Waals surface area contributed by atoms with Gasteiger partial charge in [-0.05, 0) is 11.8 Å². The molecule has 100 valence electrons. The summed E-state index contributed by atoms with van der Waals surface area (Å²) in [5.74, 6) is 0.870. The van der Waals surface area contributed by atoms with Crippen molar-refractivity contribution in [2.75, 3.05) is 19.8 Å². The first-order valence-corrected chi connectivity index (χ1v) is 7.52. The summed E-state index contributed by atoms with van der Waals surface area (Å²) in [6.07, 6.45) is 2.84. The molecule has 0 rings (SSSR count). The van der Waals surface area contributed by atoms with Gasteiger partial charge in [0.05, 0.1) is 6.26 Å². The van der Waals surface area contributed by atoms with E-state index in [9.17, 15) is 8.42 Å². The van der Waals surface area contributed by atoms with Gasteiger partial charge in [0.15, 0.2) is 0 Å². The molecule has 0 saturated carbocycles. The van der Waals surface area contributed by atoms with Crippen molar-refractivity contribution in [3.63, 3.8) is 0 Å². The zero-order chi connectivity index (χ0) is 13.6. The van der Waals surface area contributed by atoms with Crippen LogP contribution >= 0.6 is 0 Å². The van der Waals surface area contributed by atoms with Crippen LogP contribution in [0.2, 0.25) is 0 Å². The van der Waals surface area contributed by atoms with Crippen LogP contribution in [0, 0.1) is 11.8 Å². The highest BCUT2D eigenvalue weighted by Crippen LogP contribution is 2.01. The van der Waals surface area contributed by atoms with Crippen molar-refractivity contribution < 1.29 is 8.42 Å². The van der Waals surface area contributed by atoms with E-state index in [1.807, 2.05) is 27.7 Å². The second-order valence-corrected chi connectivity index (χ2v) is 6.80. The highest BCUT2D eigenvalue weighted by atomic mass is 32.2. The smallest absolute Gasteiger partial charge is 0.234 e. The Labute approximate surface area is 105 Å². The normalized spacial score (nSPS) is 14.0. The monoisotopic (exact) mass is 261 g/mol. The molecular weight excluding hydrogens is 238 g/mol. The number of guanidine groups is 1. The van der Waals surface area contributed by atoms with E-state index >= 15 is 0 Å². The molecule has 5 nitrogen and oxygen atoms in total. The fraction of sp³-hybridized carbons (Fsp3) is 0.818. The van der Waals surface area contributed by atoms with Crippen molar-refractivity contribution in [3.8, 4) is 0 Å². The Morgan fingerprint density at radius 3 is 2.18 bits per heavy atom. The largest absolute Gasteiger partial charge is 0.250 e. The van der Waals surface area contributed by atoms with Crippen molar-refractivity contribution in [2.45, 2.75) is 27.7 Å². The standard InChI is InChI=1S/C11H23N3O2S/c1-9(2)7-12-11(13-8-10(3)4)14(5)17(6,15)16/h7,9-10H,8H2,1-6H3. The second kappa shape index (κ2) is 6.74. The number of aliphatic imine (C=N–C) groups is 2. The topological polar surface area (TPSA) is 62.1 Å². The molecule has 0 unspecified atom stereocenters. The lowest BCUT2D eigenvalue weighted by Crippen LogP contribution is -2.31. The summed E-state index contributed by atoms with van der Waals surface area (Å²) in [4.78, 5) is 8.36. The minimum atomic E-state index is -3.31. The predicted molar refractivity (Wildman–Crippen MR) is 73.1 cm³/mol. The molecule has 0 aromatic heterocycles. The molecule has 0 aromatic rings. The van der Waals surface area contributed by atoms with Gasteiger partial charge in [-0.1, -0.05) is 27.7 Å². The first-order valence-electron chi connectivity index (χ1n) is 5.67. The van der Waals surface area contributed by atoms with E-state index in [0.29, 0.717) is 12.5 Å². The van der Waals surface area contributed by atoms with Gasteiger partial charge in [0.25, 0.3) is 0 Å². The van der Waals surface area contributed by atoms with Gasteiger partial charge in [-0.3, -0.25) is 4.99 Å². The lowest BCUT2D eigenvalue weighted by molar-refractivity contribution is 0.555. The maximum Gasteiger partial charge on any atom is 0.234 e. The van der Waals surface area contributed by atoms with E-state index < -0.39 is 10.0 Å². The molecule has 0 atom stereocenters. The molecule has 0 bridgehead atoms. The van der Waals surface area contributed by atoms with Gasteiger partial charge >= 0.3 is 0 Å². The summed E-state index contributed by atoms with van der Waals surface area (Å²) in [5, 5.41) is 0. The molecule has 0 aliphatic rings. The van der Waals surface area contributed by atoms with Gasteiger partial charge in [0, 0.05) is 19.8 Å². The average Bonchev–Trinajstić information content (AvgIpc) is 2.14. The first kappa shape index (κ1) is 16.1. The Balaban J connectivity index is 5.05. The van der Waals surface area contributed by atoms with Gasteiger partial charge in [0.2, 0.25) is 16.0 Å². The SMILES string of the molecule is CC(C)C=NC(=NCC(C)C)N(C)S(C)(=O)=O. The van der Waals surface area contributed by atoms with Crippen LogP contribution in [-0.2, 0) is 10.0 Å². The van der Waals surface area contributed by atoms with E-state index in [1.54, 1.807) is 6.21 Å². The third-order valence-corrected chi connectivity index (χ3v) is 3.02. The van der Waals surface area contributed by atoms with Gasteiger partial charge in [-0.25, -0.2) is 17.7 Å². The lowest BCUT2D eigenvalue weighted by atomic mass is 10.2. The third-order valence-electron chi connectivity index (χ3n) is 1.87. The van der Waals surface area contributed by atoms with Gasteiger partial charge < -0.3 is 0 Å². The molecule has 0 amide bonds. The molecule has 0 aliphatic heterocycles. The van der Waals surface area contributed by atoms with Crippen LogP contribution in [0.1, 0.15) is 27.7 Å². The number of hydrogen-bond donors (Lipinski definition) is 0. The van der Waals surface area contributed by atoms with Crippen LogP contribution < -0.4 is 0 Å². The molecule has 0 spiro atoms. The lowest BCUT2D eigenvalue weighted by Gasteiger charge is -2.16. The van der Waals surface area contributed by atoms with Crippen molar-refractivity contribution in [1.29, 1.82) is 0 Å². The van der Waals surface area contributed by atoms with E-state index in [2.05, 4.69) is 9.98 Å². The Morgan fingerprint density at radius 1 is 1.29 bits per heavy atom. The predicted octanol–water partition coefficient (Wildman–Crippen LogP) is 1.62. The molecule has 0 aliphatic carbocycles. The van der Waals surface area contributed by atoms with Crippen molar-refractivity contribution in [3.05, 3.63) is 0 Å². The Kier molecular flexibility index (Phi) is 6.37. The highest BCUT2D eigenvalue weighted by molar-refractivity contribution is 7.88. The summed E-state index contributed by atoms with van der Waals surface area (Å²) < 4.78 is 24.0. The minimum Gasteiger partial charge on any atom is -0.250 e. The fourth-order valence-corrected chi connectivity index (χ4v) is 1.25. The maximum atomic E-state index is 11.4. The first-order chi connectivity index (χ1) is 7.64. The van der Waals surface area contributed by atoms with Crippen molar-refractivity contribution >= 4 is 22.2 Å². The average molecular weight is 261 g/mol. The molecule has 6 heteroatoms. The number of sulfonamides is 1. The molecule has 0 radical (unpaired) electrons. The number of rotatable bonds is 4. The summed E-state index contributed by atoms with van der Waals surface area (Å²) in [6, 6.07) is 0. The highest BCUT2D eigenvalue weighted by Gasteiger charge is 2.15. The van der Waals surface area contributed by atoms with Crippen LogP contribution in [0.5, 0.6) is 0 Å². The van der Waals surface area contributed by atoms with E-state index in [4.69, 9.17) is 0 Å². The van der Waals surface area contributed by atoms with Crippen molar-refractivity contribution in [1.82, 2.24) is 4.31 Å². The molecule has 0 N–H and O–H groups in total. The molecule has 0 aromatic carbocycles. The molecule has 17 heavy (non-hydrogen) atoms. The van der Waals surface area contributed by atoms with Crippen LogP contribution in [0.3, 0.4) is 0 Å². The van der Waals surface area contributed by atoms with E-state index in [-0.39, 0.29) is 11.9 Å². The fourth-order valence-electron chi connectivity index (χ4n) is 0.850.